The van der Waals surface area contributed by atoms with E-state index in [1.807, 2.05) is 6.92 Å². The number of carbonyl (C=O) groups excluding carboxylic acids is 3. The molecule has 21 heavy (non-hydrogen) atoms. The monoisotopic (exact) mass is 290 g/mol. The molecule has 2 fully saturated rings. The number of amides is 4. The minimum absolute atomic E-state index is 0.126. The van der Waals surface area contributed by atoms with Gasteiger partial charge in [0, 0.05) is 6.04 Å². The number of urea groups is 1. The van der Waals surface area contributed by atoms with Gasteiger partial charge in [-0.05, 0) is 30.0 Å². The molecule has 3 rings (SSSR count). The van der Waals surface area contributed by atoms with Crippen molar-refractivity contribution in [2.75, 3.05) is 0 Å². The molecule has 2 aliphatic rings. The number of imide groups is 2. The molecule has 1 saturated carbocycles. The van der Waals surface area contributed by atoms with Crippen LogP contribution in [0.3, 0.4) is 0 Å². The van der Waals surface area contributed by atoms with E-state index < -0.39 is 29.6 Å². The topological polar surface area (TPSA) is 66.5 Å². The fourth-order valence-electron chi connectivity index (χ4n) is 2.84. The first-order valence-electron chi connectivity index (χ1n) is 6.96. The molecule has 0 aromatic heterocycles. The smallest absolute Gasteiger partial charge is 0.277 e. The van der Waals surface area contributed by atoms with Crippen LogP contribution in [0, 0.1) is 11.7 Å². The lowest BCUT2D eigenvalue weighted by molar-refractivity contribution is -0.139. The van der Waals surface area contributed by atoms with Gasteiger partial charge in [0.15, 0.2) is 0 Å². The predicted octanol–water partition coefficient (Wildman–Crippen LogP) is 1.79. The normalized spacial score (nSPS) is 28.6. The zero-order valence-electron chi connectivity index (χ0n) is 11.5. The van der Waals surface area contributed by atoms with E-state index in [1.165, 1.54) is 24.3 Å². The van der Waals surface area contributed by atoms with Crippen LogP contribution in [0.4, 0.5) is 9.18 Å². The third-order valence-corrected chi connectivity index (χ3v) is 4.14. The van der Waals surface area contributed by atoms with Gasteiger partial charge in [0.2, 0.25) is 11.8 Å². The van der Waals surface area contributed by atoms with Gasteiger partial charge in [0.1, 0.15) is 11.7 Å². The van der Waals surface area contributed by atoms with E-state index in [0.717, 1.165) is 17.7 Å². The molecule has 6 heteroatoms. The third kappa shape index (κ3) is 2.30. The van der Waals surface area contributed by atoms with Crippen LogP contribution < -0.4 is 5.32 Å². The second-order valence-electron chi connectivity index (χ2n) is 5.46. The van der Waals surface area contributed by atoms with Crippen molar-refractivity contribution in [2.45, 2.75) is 31.7 Å². The van der Waals surface area contributed by atoms with Crippen LogP contribution in [-0.2, 0) is 9.59 Å². The average Bonchev–Trinajstić information content (AvgIpc) is 3.19. The van der Waals surface area contributed by atoms with Gasteiger partial charge in [-0.25, -0.2) is 9.18 Å². The minimum Gasteiger partial charge on any atom is -0.277 e. The third-order valence-electron chi connectivity index (χ3n) is 4.14. The van der Waals surface area contributed by atoms with Crippen molar-refractivity contribution < 1.29 is 18.8 Å². The maximum absolute atomic E-state index is 13.0. The van der Waals surface area contributed by atoms with Crippen molar-refractivity contribution in [1.29, 1.82) is 0 Å². The van der Waals surface area contributed by atoms with Crippen LogP contribution in [0.1, 0.15) is 31.2 Å². The van der Waals surface area contributed by atoms with E-state index in [-0.39, 0.29) is 6.04 Å². The highest BCUT2D eigenvalue weighted by Gasteiger charge is 2.51. The fraction of sp³-hybridized carbons (Fsp3) is 0.400. The van der Waals surface area contributed by atoms with Gasteiger partial charge in [0.25, 0.3) is 0 Å². The zero-order valence-corrected chi connectivity index (χ0v) is 11.5. The van der Waals surface area contributed by atoms with Crippen molar-refractivity contribution in [2.24, 2.45) is 5.92 Å². The number of rotatable bonds is 3. The van der Waals surface area contributed by atoms with Gasteiger partial charge in [-0.1, -0.05) is 25.5 Å². The van der Waals surface area contributed by atoms with Crippen LogP contribution in [0.25, 0.3) is 0 Å². The van der Waals surface area contributed by atoms with Crippen molar-refractivity contribution in [3.05, 3.63) is 35.6 Å². The maximum Gasteiger partial charge on any atom is 0.331 e. The van der Waals surface area contributed by atoms with E-state index in [2.05, 4.69) is 5.32 Å². The summed E-state index contributed by atoms with van der Waals surface area (Å²) in [6.07, 6.45) is 1.66. The Hall–Kier alpha value is -2.24. The summed E-state index contributed by atoms with van der Waals surface area (Å²) in [5, 5.41) is 2.22. The molecule has 110 valence electrons. The lowest BCUT2D eigenvalue weighted by atomic mass is 9.95. The standard InChI is InChI=1S/C15H15FN2O3/c1-2-8-7-11(8)18-14(20)12(13(19)17-15(18)21)9-3-5-10(16)6-4-9/h3-6,8,11-12H,2,7H2,1H3,(H,17,19,21). The van der Waals surface area contributed by atoms with Crippen LogP contribution >= 0.6 is 0 Å². The Labute approximate surface area is 121 Å². The Kier molecular flexibility index (Phi) is 3.23. The molecule has 0 radical (unpaired) electrons. The minimum atomic E-state index is -1.08. The lowest BCUT2D eigenvalue weighted by Crippen LogP contribution is -2.57. The number of nitrogens with zero attached hydrogens (tertiary/aromatic N) is 1. The van der Waals surface area contributed by atoms with Crippen LogP contribution in [0.15, 0.2) is 24.3 Å². The van der Waals surface area contributed by atoms with Crippen molar-refractivity contribution >= 4 is 17.8 Å². The molecular formula is C15H15FN2O3. The van der Waals surface area contributed by atoms with E-state index in [4.69, 9.17) is 0 Å². The van der Waals surface area contributed by atoms with Crippen LogP contribution in [0.5, 0.6) is 0 Å². The summed E-state index contributed by atoms with van der Waals surface area (Å²) in [5.41, 5.74) is 0.394. The molecule has 1 aromatic carbocycles. The molecule has 3 atom stereocenters. The van der Waals surface area contributed by atoms with Crippen LogP contribution in [0.2, 0.25) is 0 Å². The molecule has 1 aliphatic heterocycles. The first-order valence-corrected chi connectivity index (χ1v) is 6.96. The number of carbonyl (C=O) groups is 3. The van der Waals surface area contributed by atoms with E-state index in [9.17, 15) is 18.8 Å². The molecule has 1 heterocycles. The summed E-state index contributed by atoms with van der Waals surface area (Å²) in [6, 6.07) is 4.42. The Morgan fingerprint density at radius 3 is 2.48 bits per heavy atom. The van der Waals surface area contributed by atoms with Gasteiger partial charge < -0.3 is 0 Å². The Morgan fingerprint density at radius 1 is 1.24 bits per heavy atom. The van der Waals surface area contributed by atoms with Crippen LogP contribution in [-0.4, -0.2) is 28.8 Å². The number of halogens is 1. The van der Waals surface area contributed by atoms with Gasteiger partial charge in [-0.3, -0.25) is 19.8 Å². The summed E-state index contributed by atoms with van der Waals surface area (Å²) in [5.74, 6) is -2.38. The lowest BCUT2D eigenvalue weighted by Gasteiger charge is -2.30. The van der Waals surface area contributed by atoms with Crippen molar-refractivity contribution in [3.63, 3.8) is 0 Å². The van der Waals surface area contributed by atoms with E-state index in [1.54, 1.807) is 0 Å². The van der Waals surface area contributed by atoms with Gasteiger partial charge in [0.05, 0.1) is 0 Å². The Morgan fingerprint density at radius 2 is 1.90 bits per heavy atom. The highest BCUT2D eigenvalue weighted by atomic mass is 19.1. The highest BCUT2D eigenvalue weighted by Crippen LogP contribution is 2.40. The Balaban J connectivity index is 1.89. The molecule has 1 aliphatic carbocycles. The number of barbiturate groups is 1. The summed E-state index contributed by atoms with van der Waals surface area (Å²) >= 11 is 0. The summed E-state index contributed by atoms with van der Waals surface area (Å²) in [7, 11) is 0. The molecule has 1 saturated heterocycles. The predicted molar refractivity (Wildman–Crippen MR) is 71.7 cm³/mol. The molecule has 1 aromatic rings. The number of hydrogen-bond acceptors (Lipinski definition) is 3. The molecule has 3 unspecified atom stereocenters. The van der Waals surface area contributed by atoms with E-state index >= 15 is 0 Å². The molecule has 4 amide bonds. The fourth-order valence-corrected chi connectivity index (χ4v) is 2.84. The largest absolute Gasteiger partial charge is 0.331 e. The molecule has 0 bridgehead atoms. The van der Waals surface area contributed by atoms with Gasteiger partial charge >= 0.3 is 6.03 Å². The van der Waals surface area contributed by atoms with E-state index in [0.29, 0.717) is 11.5 Å². The summed E-state index contributed by atoms with van der Waals surface area (Å²) in [4.78, 5) is 37.6. The first-order chi connectivity index (χ1) is 10.0. The zero-order chi connectivity index (χ0) is 15.1. The maximum atomic E-state index is 13.0. The number of hydrogen-bond donors (Lipinski definition) is 1. The SMILES string of the molecule is CCC1CC1N1C(=O)NC(=O)C(c2ccc(F)cc2)C1=O. The number of benzene rings is 1. The summed E-state index contributed by atoms with van der Waals surface area (Å²) < 4.78 is 13.0. The molecular weight excluding hydrogens is 275 g/mol. The quantitative estimate of drug-likeness (QED) is 0.863. The van der Waals surface area contributed by atoms with Crippen molar-refractivity contribution in [3.8, 4) is 0 Å². The number of nitrogens with one attached hydrogen (secondary N) is 1. The second kappa shape index (κ2) is 4.95. The van der Waals surface area contributed by atoms with Gasteiger partial charge in [-0.2, -0.15) is 0 Å². The van der Waals surface area contributed by atoms with Crippen molar-refractivity contribution in [1.82, 2.24) is 10.2 Å². The first kappa shape index (κ1) is 13.7. The summed E-state index contributed by atoms with van der Waals surface area (Å²) in [6.45, 7) is 2.00. The van der Waals surface area contributed by atoms with Gasteiger partial charge in [-0.15, -0.1) is 0 Å². The molecule has 1 N–H and O–H groups in total. The highest BCUT2D eigenvalue weighted by molar-refractivity contribution is 6.19. The second-order valence-corrected chi connectivity index (χ2v) is 5.46. The molecule has 5 nitrogen and oxygen atoms in total. The Bertz CT molecular complexity index is 614. The average molecular weight is 290 g/mol. The molecule has 0 spiro atoms.